The molecule has 3 nitrogen and oxygen atoms in total. The number of allylic oxidation sites excluding steroid dienone is 1. The number of hydrogen-bond donors (Lipinski definition) is 0. The van der Waals surface area contributed by atoms with E-state index < -0.39 is 5.79 Å². The Balaban J connectivity index is 1.94. The summed E-state index contributed by atoms with van der Waals surface area (Å²) >= 11 is 0. The van der Waals surface area contributed by atoms with Crippen LogP contribution >= 0.6 is 0 Å². The van der Waals surface area contributed by atoms with Gasteiger partial charge in [-0.3, -0.25) is 0 Å². The van der Waals surface area contributed by atoms with Crippen LogP contribution in [0.1, 0.15) is 29.9 Å². The molecule has 1 saturated carbocycles. The van der Waals surface area contributed by atoms with E-state index in [9.17, 15) is 0 Å². The first-order valence-corrected chi connectivity index (χ1v) is 8.58. The summed E-state index contributed by atoms with van der Waals surface area (Å²) in [6.45, 7) is 0. The number of rotatable bonds is 3. The fraction of sp³-hybridized carbons (Fsp3) is 0.429. The molecule has 0 amide bonds. The number of benzene rings is 2. The lowest BCUT2D eigenvalue weighted by molar-refractivity contribution is -0.294. The van der Waals surface area contributed by atoms with E-state index in [-0.39, 0.29) is 12.0 Å². The van der Waals surface area contributed by atoms with Gasteiger partial charge in [0.25, 0.3) is 0 Å². The summed E-state index contributed by atoms with van der Waals surface area (Å²) < 4.78 is 17.7. The summed E-state index contributed by atoms with van der Waals surface area (Å²) in [5.41, 5.74) is 2.58. The van der Waals surface area contributed by atoms with Gasteiger partial charge in [0.15, 0.2) is 0 Å². The topological polar surface area (TPSA) is 27.7 Å². The molecule has 24 heavy (non-hydrogen) atoms. The fourth-order valence-corrected chi connectivity index (χ4v) is 4.74. The van der Waals surface area contributed by atoms with E-state index in [2.05, 4.69) is 48.6 Å². The van der Waals surface area contributed by atoms with E-state index in [1.807, 2.05) is 0 Å². The van der Waals surface area contributed by atoms with Crippen LogP contribution in [0.5, 0.6) is 0 Å². The van der Waals surface area contributed by atoms with Crippen LogP contribution < -0.4 is 0 Å². The highest BCUT2D eigenvalue weighted by molar-refractivity contribution is 5.92. The van der Waals surface area contributed by atoms with Crippen LogP contribution in [0.25, 0.3) is 16.8 Å². The fourth-order valence-electron chi connectivity index (χ4n) is 4.74. The van der Waals surface area contributed by atoms with Crippen molar-refractivity contribution in [2.24, 2.45) is 5.92 Å². The maximum atomic E-state index is 5.99. The second-order valence-electron chi connectivity index (χ2n) is 6.72. The molecule has 0 radical (unpaired) electrons. The van der Waals surface area contributed by atoms with Crippen molar-refractivity contribution in [3.8, 4) is 0 Å². The summed E-state index contributed by atoms with van der Waals surface area (Å²) in [4.78, 5) is 0. The molecule has 2 aromatic carbocycles. The second kappa shape index (κ2) is 5.99. The minimum atomic E-state index is -0.750. The lowest BCUT2D eigenvalue weighted by Gasteiger charge is -2.50. The van der Waals surface area contributed by atoms with E-state index in [1.165, 1.54) is 21.9 Å². The average Bonchev–Trinajstić information content (AvgIpc) is 2.66. The summed E-state index contributed by atoms with van der Waals surface area (Å²) in [6, 6.07) is 13.0. The SMILES string of the molecule is COC1CCC2C=Cc3c(ccc4ccccc34)C2C1(OC)OC. The van der Waals surface area contributed by atoms with Gasteiger partial charge in [-0.2, -0.15) is 0 Å². The van der Waals surface area contributed by atoms with Gasteiger partial charge < -0.3 is 14.2 Å². The number of fused-ring (bicyclic) bond motifs is 5. The minimum absolute atomic E-state index is 0.0698. The lowest BCUT2D eigenvalue weighted by Crippen LogP contribution is -2.57. The molecule has 4 rings (SSSR count). The van der Waals surface area contributed by atoms with Gasteiger partial charge in [0.1, 0.15) is 6.10 Å². The van der Waals surface area contributed by atoms with Crippen LogP contribution in [-0.4, -0.2) is 33.2 Å². The van der Waals surface area contributed by atoms with Crippen LogP contribution in [0, 0.1) is 5.92 Å². The summed E-state index contributed by atoms with van der Waals surface area (Å²) in [5.74, 6) is -0.208. The first-order chi connectivity index (χ1) is 11.7. The molecule has 0 heterocycles. The predicted molar refractivity (Wildman–Crippen MR) is 96.0 cm³/mol. The zero-order valence-corrected chi connectivity index (χ0v) is 14.5. The Morgan fingerprint density at radius 3 is 2.50 bits per heavy atom. The quantitative estimate of drug-likeness (QED) is 0.785. The zero-order chi connectivity index (χ0) is 16.7. The third-order valence-corrected chi connectivity index (χ3v) is 5.84. The van der Waals surface area contributed by atoms with Crippen molar-refractivity contribution >= 4 is 16.8 Å². The monoisotopic (exact) mass is 324 g/mol. The predicted octanol–water partition coefficient (Wildman–Crippen LogP) is 4.36. The third kappa shape index (κ3) is 2.08. The minimum Gasteiger partial charge on any atom is -0.376 e. The molecular formula is C21H24O3. The molecule has 1 fully saturated rings. The van der Waals surface area contributed by atoms with Gasteiger partial charge in [0, 0.05) is 27.2 Å². The molecule has 0 spiro atoms. The third-order valence-electron chi connectivity index (χ3n) is 5.84. The molecule has 2 aliphatic carbocycles. The highest BCUT2D eigenvalue weighted by Gasteiger charge is 2.54. The average molecular weight is 324 g/mol. The molecule has 0 bridgehead atoms. The van der Waals surface area contributed by atoms with Crippen LogP contribution in [0.15, 0.2) is 42.5 Å². The van der Waals surface area contributed by atoms with Crippen molar-refractivity contribution in [2.75, 3.05) is 21.3 Å². The Hall–Kier alpha value is -1.68. The van der Waals surface area contributed by atoms with Gasteiger partial charge in [0.2, 0.25) is 5.79 Å². The maximum absolute atomic E-state index is 5.99. The number of methoxy groups -OCH3 is 3. The van der Waals surface area contributed by atoms with Gasteiger partial charge in [-0.15, -0.1) is 0 Å². The van der Waals surface area contributed by atoms with Crippen molar-refractivity contribution in [3.05, 3.63) is 53.6 Å². The summed E-state index contributed by atoms with van der Waals surface area (Å²) in [5, 5.41) is 2.55. The van der Waals surface area contributed by atoms with Crippen LogP contribution in [0.4, 0.5) is 0 Å². The Bertz CT molecular complexity index is 776. The van der Waals surface area contributed by atoms with Crippen LogP contribution in [-0.2, 0) is 14.2 Å². The van der Waals surface area contributed by atoms with Crippen molar-refractivity contribution < 1.29 is 14.2 Å². The van der Waals surface area contributed by atoms with Crippen molar-refractivity contribution in [1.82, 2.24) is 0 Å². The highest BCUT2D eigenvalue weighted by atomic mass is 16.7. The normalized spacial score (nSPS) is 27.7. The molecule has 126 valence electrons. The molecule has 0 aromatic heterocycles. The van der Waals surface area contributed by atoms with Gasteiger partial charge in [-0.25, -0.2) is 0 Å². The van der Waals surface area contributed by atoms with Gasteiger partial charge in [0.05, 0.1) is 0 Å². The van der Waals surface area contributed by atoms with E-state index in [0.717, 1.165) is 12.8 Å². The first kappa shape index (κ1) is 15.8. The largest absolute Gasteiger partial charge is 0.376 e. The molecule has 3 atom stereocenters. The van der Waals surface area contributed by atoms with E-state index >= 15 is 0 Å². The van der Waals surface area contributed by atoms with Crippen molar-refractivity contribution in [1.29, 1.82) is 0 Å². The molecule has 3 unspecified atom stereocenters. The van der Waals surface area contributed by atoms with Gasteiger partial charge >= 0.3 is 0 Å². The molecule has 3 heteroatoms. The van der Waals surface area contributed by atoms with Gasteiger partial charge in [-0.05, 0) is 40.7 Å². The summed E-state index contributed by atoms with van der Waals surface area (Å²) in [6.07, 6.45) is 6.56. The molecule has 2 aromatic rings. The number of hydrogen-bond acceptors (Lipinski definition) is 3. The van der Waals surface area contributed by atoms with Crippen LogP contribution in [0.3, 0.4) is 0 Å². The standard InChI is InChI=1S/C21H24O3/c1-22-19-13-10-15-9-11-17-16-7-5-4-6-14(16)8-12-18(17)20(15)21(19,23-2)24-3/h4-9,11-12,15,19-20H,10,13H2,1-3H3. The Morgan fingerprint density at radius 1 is 0.958 bits per heavy atom. The van der Waals surface area contributed by atoms with Gasteiger partial charge in [-0.1, -0.05) is 48.6 Å². The Labute approximate surface area is 143 Å². The van der Waals surface area contributed by atoms with E-state index in [4.69, 9.17) is 14.2 Å². The molecule has 2 aliphatic rings. The Kier molecular flexibility index (Phi) is 3.95. The van der Waals surface area contributed by atoms with Crippen molar-refractivity contribution in [3.63, 3.8) is 0 Å². The van der Waals surface area contributed by atoms with Crippen LogP contribution in [0.2, 0.25) is 0 Å². The molecule has 0 aliphatic heterocycles. The van der Waals surface area contributed by atoms with Crippen molar-refractivity contribution in [2.45, 2.75) is 30.7 Å². The molecule has 0 N–H and O–H groups in total. The van der Waals surface area contributed by atoms with E-state index in [1.54, 1.807) is 21.3 Å². The Morgan fingerprint density at radius 2 is 1.75 bits per heavy atom. The molecular weight excluding hydrogens is 300 g/mol. The number of ether oxygens (including phenoxy) is 3. The highest BCUT2D eigenvalue weighted by Crippen LogP contribution is 2.52. The maximum Gasteiger partial charge on any atom is 0.201 e. The summed E-state index contributed by atoms with van der Waals surface area (Å²) in [7, 11) is 5.21. The molecule has 0 saturated heterocycles. The smallest absolute Gasteiger partial charge is 0.201 e. The van der Waals surface area contributed by atoms with E-state index in [0.29, 0.717) is 5.92 Å². The first-order valence-electron chi connectivity index (χ1n) is 8.58. The lowest BCUT2D eigenvalue weighted by atomic mass is 9.66. The zero-order valence-electron chi connectivity index (χ0n) is 14.5. The second-order valence-corrected chi connectivity index (χ2v) is 6.72.